The van der Waals surface area contributed by atoms with Gasteiger partial charge in [0, 0.05) is 31.3 Å². The number of hydrogen-bond acceptors (Lipinski definition) is 5. The molecule has 0 spiro atoms. The van der Waals surface area contributed by atoms with Gasteiger partial charge >= 0.3 is 12.8 Å². The summed E-state index contributed by atoms with van der Waals surface area (Å²) >= 11 is 1.21. The Hall–Kier alpha value is -2.51. The molecule has 1 N–H and O–H groups in total. The van der Waals surface area contributed by atoms with E-state index in [1.165, 1.54) is 30.1 Å². The molecule has 0 radical (unpaired) electrons. The van der Waals surface area contributed by atoms with Gasteiger partial charge in [0.05, 0.1) is 5.03 Å². The van der Waals surface area contributed by atoms with Gasteiger partial charge in [-0.3, -0.25) is 9.48 Å². The fourth-order valence-electron chi connectivity index (χ4n) is 3.46. The molecule has 0 aliphatic heterocycles. The molecule has 2 aromatic heterocycles. The van der Waals surface area contributed by atoms with E-state index in [-0.39, 0.29) is 12.1 Å². The maximum atomic E-state index is 13.7. The van der Waals surface area contributed by atoms with Crippen LogP contribution in [-0.2, 0) is 12.7 Å². The normalized spacial score (nSPS) is 18.2. The second-order valence-electron chi connectivity index (χ2n) is 7.09. The molecule has 14 heteroatoms. The topological polar surface area (TPSA) is 69.0 Å². The van der Waals surface area contributed by atoms with Crippen LogP contribution in [0, 0.1) is 5.92 Å². The molecule has 2 heterocycles. The Bertz CT molecular complexity index is 981. The van der Waals surface area contributed by atoms with Crippen molar-refractivity contribution in [3.8, 4) is 5.88 Å². The van der Waals surface area contributed by atoms with Crippen LogP contribution in [0.4, 0.5) is 36.4 Å². The maximum Gasteiger partial charge on any atom is 0.423 e. The predicted molar refractivity (Wildman–Crippen MR) is 100 cm³/mol. The zero-order valence-corrected chi connectivity index (χ0v) is 17.2. The highest BCUT2D eigenvalue weighted by atomic mass is 32.2. The summed E-state index contributed by atoms with van der Waals surface area (Å²) in [4.78, 5) is 16.8. The molecule has 1 atom stereocenters. The lowest BCUT2D eigenvalue weighted by Gasteiger charge is -2.15. The quantitative estimate of drug-likeness (QED) is 0.425. The summed E-state index contributed by atoms with van der Waals surface area (Å²) < 4.78 is 98.1. The summed E-state index contributed by atoms with van der Waals surface area (Å²) in [7, 11) is 0. The van der Waals surface area contributed by atoms with Crippen molar-refractivity contribution >= 4 is 23.4 Å². The number of amides is 1. The van der Waals surface area contributed by atoms with E-state index in [1.807, 2.05) is 0 Å². The lowest BCUT2D eigenvalue weighted by molar-refractivity contribution is -0.142. The first kappa shape index (κ1) is 24.1. The summed E-state index contributed by atoms with van der Waals surface area (Å²) in [6.07, 6.45) is -3.39. The minimum atomic E-state index is -5.28. The number of pyridine rings is 1. The Labute approximate surface area is 181 Å². The van der Waals surface area contributed by atoms with E-state index in [4.69, 9.17) is 0 Å². The zero-order valence-electron chi connectivity index (χ0n) is 16.4. The Balaban J connectivity index is 2.03. The second kappa shape index (κ2) is 9.16. The van der Waals surface area contributed by atoms with Crippen LogP contribution in [0.3, 0.4) is 0 Å². The molecule has 6 nitrogen and oxygen atoms in total. The highest BCUT2D eigenvalue weighted by Gasteiger charge is 2.45. The van der Waals surface area contributed by atoms with Crippen molar-refractivity contribution in [3.63, 3.8) is 0 Å². The van der Waals surface area contributed by atoms with Gasteiger partial charge in [-0.05, 0) is 30.7 Å². The van der Waals surface area contributed by atoms with Gasteiger partial charge in [-0.2, -0.15) is 22.0 Å². The minimum Gasteiger partial charge on any atom is -0.415 e. The maximum absolute atomic E-state index is 13.7. The van der Waals surface area contributed by atoms with Crippen molar-refractivity contribution in [3.05, 3.63) is 29.6 Å². The molecule has 1 aliphatic carbocycles. The standard InChI is InChI=1S/C18H17F7N4O2S/c1-32-11-6-10(3-5-26-11)27-14(30)13-12(18(23,24)25)15(31-16(19)20)28-29(13)8-9-2-4-17(21,22)7-9/h3,5-6,9,16H,2,4,7-8H2,1H3,(H,26,27,30). The third-order valence-electron chi connectivity index (χ3n) is 4.76. The summed E-state index contributed by atoms with van der Waals surface area (Å²) in [6.45, 7) is -4.14. The van der Waals surface area contributed by atoms with Gasteiger partial charge < -0.3 is 10.1 Å². The SMILES string of the molecule is CSc1cc(NC(=O)c2c(C(F)(F)F)c(OC(F)F)nn2CC2CCC(F)(F)C2)ccn1. The summed E-state index contributed by atoms with van der Waals surface area (Å²) in [6, 6.07) is 2.71. The molecule has 1 saturated carbocycles. The highest BCUT2D eigenvalue weighted by Crippen LogP contribution is 2.42. The van der Waals surface area contributed by atoms with Crippen LogP contribution in [0.5, 0.6) is 5.88 Å². The van der Waals surface area contributed by atoms with Crippen molar-refractivity contribution < 1.29 is 40.3 Å². The number of nitrogens with zero attached hydrogens (tertiary/aromatic N) is 3. The highest BCUT2D eigenvalue weighted by molar-refractivity contribution is 7.98. The number of thioether (sulfide) groups is 1. The third kappa shape index (κ3) is 5.64. The first-order valence-electron chi connectivity index (χ1n) is 9.21. The molecule has 1 fully saturated rings. The number of hydrogen-bond donors (Lipinski definition) is 1. The van der Waals surface area contributed by atoms with Crippen LogP contribution in [0.1, 0.15) is 35.3 Å². The molecule has 176 valence electrons. The fourth-order valence-corrected chi connectivity index (χ4v) is 3.87. The Morgan fingerprint density at radius 2 is 2.12 bits per heavy atom. The van der Waals surface area contributed by atoms with Crippen LogP contribution < -0.4 is 10.1 Å². The molecular weight excluding hydrogens is 469 g/mol. The predicted octanol–water partition coefficient (Wildman–Crippen LogP) is 5.31. The smallest absolute Gasteiger partial charge is 0.415 e. The van der Waals surface area contributed by atoms with Gasteiger partial charge in [-0.15, -0.1) is 16.9 Å². The Morgan fingerprint density at radius 1 is 1.41 bits per heavy atom. The van der Waals surface area contributed by atoms with Gasteiger partial charge in [-0.1, -0.05) is 0 Å². The van der Waals surface area contributed by atoms with Gasteiger partial charge in [0.1, 0.15) is 5.69 Å². The van der Waals surface area contributed by atoms with E-state index in [0.717, 1.165) is 0 Å². The lowest BCUT2D eigenvalue weighted by atomic mass is 10.1. The van der Waals surface area contributed by atoms with Crippen molar-refractivity contribution in [1.29, 1.82) is 0 Å². The number of alkyl halides is 7. The molecule has 3 rings (SSSR count). The van der Waals surface area contributed by atoms with Crippen LogP contribution >= 0.6 is 11.8 Å². The molecule has 0 saturated heterocycles. The van der Waals surface area contributed by atoms with Gasteiger partial charge in [0.2, 0.25) is 5.92 Å². The fraction of sp³-hybridized carbons (Fsp3) is 0.500. The lowest BCUT2D eigenvalue weighted by Crippen LogP contribution is -2.24. The Kier molecular flexibility index (Phi) is 6.91. The number of carbonyl (C=O) groups is 1. The van der Waals surface area contributed by atoms with Gasteiger partial charge in [0.15, 0.2) is 5.56 Å². The van der Waals surface area contributed by atoms with Crippen LogP contribution in [0.2, 0.25) is 0 Å². The number of rotatable bonds is 7. The van der Waals surface area contributed by atoms with Crippen molar-refractivity contribution in [1.82, 2.24) is 14.8 Å². The number of carbonyl (C=O) groups excluding carboxylic acids is 1. The molecule has 2 aromatic rings. The number of aromatic nitrogens is 3. The average Bonchev–Trinajstić information content (AvgIpc) is 3.20. The molecule has 0 bridgehead atoms. The molecule has 0 aromatic carbocycles. The number of halogens is 7. The summed E-state index contributed by atoms with van der Waals surface area (Å²) in [5, 5.41) is 6.11. The first-order chi connectivity index (χ1) is 14.9. The van der Waals surface area contributed by atoms with Crippen molar-refractivity contribution in [2.24, 2.45) is 5.92 Å². The van der Waals surface area contributed by atoms with Gasteiger partial charge in [-0.25, -0.2) is 13.8 Å². The zero-order chi connectivity index (χ0) is 23.7. The van der Waals surface area contributed by atoms with E-state index in [0.29, 0.717) is 9.71 Å². The van der Waals surface area contributed by atoms with Crippen LogP contribution in [-0.4, -0.2) is 39.5 Å². The van der Waals surface area contributed by atoms with E-state index in [2.05, 4.69) is 20.1 Å². The Morgan fingerprint density at radius 3 is 2.69 bits per heavy atom. The van der Waals surface area contributed by atoms with E-state index in [9.17, 15) is 35.5 Å². The first-order valence-corrected chi connectivity index (χ1v) is 10.4. The summed E-state index contributed by atoms with van der Waals surface area (Å²) in [5.41, 5.74) is -2.82. The number of anilines is 1. The molecule has 1 aliphatic rings. The second-order valence-corrected chi connectivity index (χ2v) is 7.92. The molecule has 32 heavy (non-hydrogen) atoms. The van der Waals surface area contributed by atoms with E-state index in [1.54, 1.807) is 6.26 Å². The average molecular weight is 486 g/mol. The third-order valence-corrected chi connectivity index (χ3v) is 5.40. The van der Waals surface area contributed by atoms with Crippen LogP contribution in [0.15, 0.2) is 23.4 Å². The van der Waals surface area contributed by atoms with Crippen molar-refractivity contribution in [2.75, 3.05) is 11.6 Å². The minimum absolute atomic E-state index is 0.0260. The molecule has 1 unspecified atom stereocenters. The number of nitrogens with one attached hydrogen (secondary N) is 1. The molecular formula is C18H17F7N4O2S. The van der Waals surface area contributed by atoms with E-state index < -0.39 is 67.1 Å². The molecule has 1 amide bonds. The van der Waals surface area contributed by atoms with E-state index >= 15 is 0 Å². The van der Waals surface area contributed by atoms with Gasteiger partial charge in [0.25, 0.3) is 11.8 Å². The van der Waals surface area contributed by atoms with Crippen molar-refractivity contribution in [2.45, 2.75) is 49.5 Å². The summed E-state index contributed by atoms with van der Waals surface area (Å²) in [5.74, 6) is -6.61. The monoisotopic (exact) mass is 486 g/mol. The van der Waals surface area contributed by atoms with Crippen LogP contribution in [0.25, 0.3) is 0 Å². The largest absolute Gasteiger partial charge is 0.423 e. The number of ether oxygens (including phenoxy) is 1.